The molecule has 1 heterocycles. The Morgan fingerprint density at radius 1 is 1.29 bits per heavy atom. The van der Waals surface area contributed by atoms with E-state index in [4.69, 9.17) is 0 Å². The number of nitrogens with zero attached hydrogens (tertiary/aromatic N) is 2. The van der Waals surface area contributed by atoms with Crippen molar-refractivity contribution in [3.05, 3.63) is 34.4 Å². The molecule has 4 nitrogen and oxygen atoms in total. The summed E-state index contributed by atoms with van der Waals surface area (Å²) in [4.78, 5) is 11.4. The summed E-state index contributed by atoms with van der Waals surface area (Å²) >= 11 is 1.54. The normalized spacial score (nSPS) is 21.9. The lowest BCUT2D eigenvalue weighted by atomic mass is 10.1. The lowest BCUT2D eigenvalue weighted by Crippen LogP contribution is -2.12. The van der Waals surface area contributed by atoms with Crippen molar-refractivity contribution in [2.24, 2.45) is 5.41 Å². The topological polar surface area (TPSA) is 46.4 Å². The van der Waals surface area contributed by atoms with E-state index >= 15 is 0 Å². The monoisotopic (exact) mass is 250 g/mol. The first-order valence-corrected chi connectivity index (χ1v) is 6.62. The molecule has 1 aromatic rings. The van der Waals surface area contributed by atoms with Crippen LogP contribution in [0, 0.1) is 15.5 Å². The molecule has 1 aliphatic carbocycles. The van der Waals surface area contributed by atoms with Gasteiger partial charge < -0.3 is 0 Å². The summed E-state index contributed by atoms with van der Waals surface area (Å²) in [6.07, 6.45) is 3.92. The van der Waals surface area contributed by atoms with Crippen molar-refractivity contribution in [1.82, 2.24) is 4.31 Å². The summed E-state index contributed by atoms with van der Waals surface area (Å²) < 4.78 is 2.27. The van der Waals surface area contributed by atoms with E-state index in [2.05, 4.69) is 4.31 Å². The maximum Gasteiger partial charge on any atom is 0.284 e. The van der Waals surface area contributed by atoms with Gasteiger partial charge in [-0.1, -0.05) is 12.1 Å². The fraction of sp³-hybridized carbons (Fsp3) is 0.500. The molecule has 0 bridgehead atoms. The molecule has 3 rings (SSSR count). The molecule has 0 atom stereocenters. The summed E-state index contributed by atoms with van der Waals surface area (Å²) in [5.41, 5.74) is 0.783. The maximum atomic E-state index is 10.9. The van der Waals surface area contributed by atoms with Crippen LogP contribution in [0.25, 0.3) is 0 Å². The third-order valence-corrected chi connectivity index (χ3v) is 4.76. The van der Waals surface area contributed by atoms with E-state index in [0.29, 0.717) is 5.41 Å². The lowest BCUT2D eigenvalue weighted by molar-refractivity contribution is -0.387. The van der Waals surface area contributed by atoms with Gasteiger partial charge >= 0.3 is 0 Å². The van der Waals surface area contributed by atoms with Crippen molar-refractivity contribution in [2.45, 2.75) is 24.2 Å². The third-order valence-electron chi connectivity index (χ3n) is 3.65. The van der Waals surface area contributed by atoms with Crippen LogP contribution in [0.2, 0.25) is 0 Å². The van der Waals surface area contributed by atoms with Crippen LogP contribution in [0.3, 0.4) is 0 Å². The highest BCUT2D eigenvalue weighted by Gasteiger charge is 2.48. The first-order valence-electron chi connectivity index (χ1n) is 5.85. The first-order chi connectivity index (χ1) is 8.19. The van der Waals surface area contributed by atoms with Gasteiger partial charge in [0.15, 0.2) is 0 Å². The molecule has 2 fully saturated rings. The molecular weight excluding hydrogens is 236 g/mol. The highest BCUT2D eigenvalue weighted by atomic mass is 32.2. The van der Waals surface area contributed by atoms with Crippen molar-refractivity contribution < 1.29 is 4.92 Å². The highest BCUT2D eigenvalue weighted by Crippen LogP contribution is 2.54. The average Bonchev–Trinajstić information content (AvgIpc) is 2.94. The van der Waals surface area contributed by atoms with Crippen molar-refractivity contribution in [3.63, 3.8) is 0 Å². The molecule has 0 amide bonds. The average molecular weight is 250 g/mol. The van der Waals surface area contributed by atoms with Gasteiger partial charge in [0.05, 0.1) is 4.92 Å². The smallest absolute Gasteiger partial charge is 0.258 e. The van der Waals surface area contributed by atoms with Crippen LogP contribution in [0.1, 0.15) is 19.3 Å². The second kappa shape index (κ2) is 3.99. The van der Waals surface area contributed by atoms with Crippen LogP contribution >= 0.6 is 11.9 Å². The van der Waals surface area contributed by atoms with Crippen LogP contribution in [-0.2, 0) is 0 Å². The molecule has 17 heavy (non-hydrogen) atoms. The van der Waals surface area contributed by atoms with Gasteiger partial charge in [-0.05, 0) is 42.7 Å². The lowest BCUT2D eigenvalue weighted by Gasteiger charge is -2.14. The Morgan fingerprint density at radius 3 is 2.71 bits per heavy atom. The van der Waals surface area contributed by atoms with Crippen molar-refractivity contribution in [1.29, 1.82) is 0 Å². The zero-order chi connectivity index (χ0) is 11.9. The minimum Gasteiger partial charge on any atom is -0.258 e. The largest absolute Gasteiger partial charge is 0.284 e. The van der Waals surface area contributed by atoms with Gasteiger partial charge in [-0.2, -0.15) is 0 Å². The predicted octanol–water partition coefficient (Wildman–Crippen LogP) is 3.09. The molecule has 1 saturated heterocycles. The van der Waals surface area contributed by atoms with E-state index < -0.39 is 0 Å². The number of hydrogen-bond donors (Lipinski definition) is 0. The molecule has 0 radical (unpaired) electrons. The molecule has 5 heteroatoms. The zero-order valence-corrected chi connectivity index (χ0v) is 10.3. The van der Waals surface area contributed by atoms with E-state index in [0.717, 1.165) is 18.0 Å². The van der Waals surface area contributed by atoms with Gasteiger partial charge in [-0.15, -0.1) is 0 Å². The summed E-state index contributed by atoms with van der Waals surface area (Å²) in [5, 5.41) is 10.9. The SMILES string of the molecule is O=[N+]([O-])c1ccccc1SN1CCC2(CC2)C1. The minimum atomic E-state index is -0.300. The van der Waals surface area contributed by atoms with E-state index in [1.165, 1.54) is 19.3 Å². The van der Waals surface area contributed by atoms with E-state index in [1.54, 1.807) is 24.1 Å². The standard InChI is InChI=1S/C12H14N2O2S/c15-14(16)10-3-1-2-4-11(10)17-13-8-7-12(9-13)5-6-12/h1-4H,5-9H2. The number of nitro groups is 1. The quantitative estimate of drug-likeness (QED) is 0.470. The van der Waals surface area contributed by atoms with Crippen LogP contribution in [-0.4, -0.2) is 22.3 Å². The second-order valence-electron chi connectivity index (χ2n) is 4.93. The van der Waals surface area contributed by atoms with Gasteiger partial charge in [0, 0.05) is 19.2 Å². The molecule has 1 spiro atoms. The molecule has 2 aliphatic rings. The number of benzene rings is 1. The van der Waals surface area contributed by atoms with Gasteiger partial charge in [0.1, 0.15) is 4.90 Å². The fourth-order valence-corrected chi connectivity index (χ4v) is 3.56. The summed E-state index contributed by atoms with van der Waals surface area (Å²) in [6.45, 7) is 2.14. The molecular formula is C12H14N2O2S. The van der Waals surface area contributed by atoms with E-state index in [-0.39, 0.29) is 10.6 Å². The van der Waals surface area contributed by atoms with Crippen molar-refractivity contribution in [2.75, 3.05) is 13.1 Å². The number of nitro benzene ring substituents is 1. The Hall–Kier alpha value is -1.07. The van der Waals surface area contributed by atoms with Crippen molar-refractivity contribution in [3.8, 4) is 0 Å². The molecule has 0 N–H and O–H groups in total. The Morgan fingerprint density at radius 2 is 2.06 bits per heavy atom. The Labute approximate surface area is 104 Å². The minimum absolute atomic E-state index is 0.217. The van der Waals surface area contributed by atoms with Crippen molar-refractivity contribution >= 4 is 17.6 Å². The van der Waals surface area contributed by atoms with Gasteiger partial charge in [-0.3, -0.25) is 10.1 Å². The Kier molecular flexibility index (Phi) is 2.60. The molecule has 1 aliphatic heterocycles. The number of hydrogen-bond acceptors (Lipinski definition) is 4. The summed E-state index contributed by atoms with van der Waals surface area (Å²) in [6, 6.07) is 6.98. The van der Waals surface area contributed by atoms with Crippen LogP contribution < -0.4 is 0 Å². The van der Waals surface area contributed by atoms with E-state index in [9.17, 15) is 10.1 Å². The fourth-order valence-electron chi connectivity index (χ4n) is 2.38. The molecule has 0 aromatic heterocycles. The first kappa shape index (κ1) is 11.0. The predicted molar refractivity (Wildman–Crippen MR) is 66.8 cm³/mol. The van der Waals surface area contributed by atoms with Gasteiger partial charge in [0.25, 0.3) is 5.69 Å². The summed E-state index contributed by atoms with van der Waals surface area (Å²) in [5.74, 6) is 0. The van der Waals surface area contributed by atoms with E-state index in [1.807, 2.05) is 12.1 Å². The molecule has 1 aromatic carbocycles. The van der Waals surface area contributed by atoms with Crippen LogP contribution in [0.5, 0.6) is 0 Å². The van der Waals surface area contributed by atoms with Crippen LogP contribution in [0.15, 0.2) is 29.2 Å². The zero-order valence-electron chi connectivity index (χ0n) is 9.46. The number of rotatable bonds is 3. The van der Waals surface area contributed by atoms with Gasteiger partial charge in [-0.25, -0.2) is 4.31 Å². The highest BCUT2D eigenvalue weighted by molar-refractivity contribution is 7.97. The maximum absolute atomic E-state index is 10.9. The third kappa shape index (κ3) is 2.17. The Bertz CT molecular complexity index is 460. The molecule has 0 unspecified atom stereocenters. The summed E-state index contributed by atoms with van der Waals surface area (Å²) in [7, 11) is 0. The van der Waals surface area contributed by atoms with Crippen LogP contribution in [0.4, 0.5) is 5.69 Å². The second-order valence-corrected chi connectivity index (χ2v) is 6.07. The Balaban J connectivity index is 1.74. The molecule has 1 saturated carbocycles. The molecule has 90 valence electrons. The number of para-hydroxylation sites is 1. The van der Waals surface area contributed by atoms with Gasteiger partial charge in [0.2, 0.25) is 0 Å².